The van der Waals surface area contributed by atoms with Gasteiger partial charge in [-0.1, -0.05) is 24.7 Å². The van der Waals surface area contributed by atoms with E-state index in [0.717, 1.165) is 0 Å². The fraction of sp³-hybridized carbons (Fsp3) is 0.250. The first kappa shape index (κ1) is 10.3. The van der Waals surface area contributed by atoms with Crippen LogP contribution in [0.5, 0.6) is 5.75 Å². The summed E-state index contributed by atoms with van der Waals surface area (Å²) in [5.41, 5.74) is 8.66. The first-order valence-electron chi connectivity index (χ1n) is 3.06. The lowest BCUT2D eigenvalue weighted by molar-refractivity contribution is 0.415. The van der Waals surface area contributed by atoms with Crippen LogP contribution < -0.4 is 4.74 Å². The summed E-state index contributed by atoms with van der Waals surface area (Å²) < 4.78 is 4.92. The van der Waals surface area contributed by atoms with Crippen LogP contribution in [-0.4, -0.2) is 7.11 Å². The maximum atomic E-state index is 8.10. The van der Waals surface area contributed by atoms with Crippen molar-refractivity contribution in [2.24, 2.45) is 5.11 Å². The smallest absolute Gasteiger partial charge is 0.119 e. The number of methoxy groups -OCH3 is 1. The van der Waals surface area contributed by atoms with Crippen LogP contribution in [0.25, 0.3) is 10.4 Å². The van der Waals surface area contributed by atoms with Gasteiger partial charge in [0.25, 0.3) is 0 Å². The molecule has 0 fully saturated rings. The van der Waals surface area contributed by atoms with E-state index in [1.807, 2.05) is 0 Å². The van der Waals surface area contributed by atoms with Gasteiger partial charge in [-0.05, 0) is 17.7 Å². The lowest BCUT2D eigenvalue weighted by Crippen LogP contribution is -1.79. The van der Waals surface area contributed by atoms with Gasteiger partial charge in [0, 0.05) is 10.6 Å². The first-order chi connectivity index (χ1) is 5.36. The first-order valence-corrected chi connectivity index (χ1v) is 3.06. The van der Waals surface area contributed by atoms with Crippen molar-refractivity contribution in [2.75, 3.05) is 7.11 Å². The van der Waals surface area contributed by atoms with Crippen LogP contribution in [-0.2, 0) is 0 Å². The Morgan fingerprint density at radius 2 is 2.25 bits per heavy atom. The molecule has 1 rings (SSSR count). The molecular formula is C8H11N3O. The molecule has 0 heterocycles. The maximum absolute atomic E-state index is 8.10. The minimum Gasteiger partial charge on any atom is -0.497 e. The van der Waals surface area contributed by atoms with E-state index in [1.54, 1.807) is 31.4 Å². The van der Waals surface area contributed by atoms with Gasteiger partial charge in [0.1, 0.15) is 5.75 Å². The largest absolute Gasteiger partial charge is 0.497 e. The van der Waals surface area contributed by atoms with E-state index in [0.29, 0.717) is 11.4 Å². The molecule has 0 aliphatic carbocycles. The second-order valence-corrected chi connectivity index (χ2v) is 1.89. The lowest BCUT2D eigenvalue weighted by Gasteiger charge is -1.97. The number of nitrogens with zero attached hydrogens (tertiary/aromatic N) is 3. The average Bonchev–Trinajstić information content (AvgIpc) is 2.06. The number of benzene rings is 1. The van der Waals surface area contributed by atoms with Gasteiger partial charge in [-0.2, -0.15) is 0 Å². The summed E-state index contributed by atoms with van der Waals surface area (Å²) in [7, 11) is 1.56. The Bertz CT molecular complexity index is 292. The van der Waals surface area contributed by atoms with Crippen molar-refractivity contribution in [2.45, 2.75) is 7.43 Å². The molecule has 12 heavy (non-hydrogen) atoms. The van der Waals surface area contributed by atoms with Gasteiger partial charge in [-0.3, -0.25) is 0 Å². The van der Waals surface area contributed by atoms with Crippen LogP contribution >= 0.6 is 0 Å². The van der Waals surface area contributed by atoms with Crippen LogP contribution in [0.15, 0.2) is 29.4 Å². The Morgan fingerprint density at radius 1 is 1.50 bits per heavy atom. The molecule has 0 saturated heterocycles. The van der Waals surface area contributed by atoms with Gasteiger partial charge in [0.05, 0.1) is 7.11 Å². The van der Waals surface area contributed by atoms with Crippen LogP contribution in [0.4, 0.5) is 5.69 Å². The molecule has 0 spiro atoms. The topological polar surface area (TPSA) is 58.0 Å². The van der Waals surface area contributed by atoms with E-state index in [1.165, 1.54) is 0 Å². The predicted octanol–water partition coefficient (Wildman–Crippen LogP) is 3.27. The Labute approximate surface area is 71.4 Å². The van der Waals surface area contributed by atoms with Crippen LogP contribution in [0.1, 0.15) is 7.43 Å². The van der Waals surface area contributed by atoms with Crippen molar-refractivity contribution >= 4 is 5.69 Å². The van der Waals surface area contributed by atoms with E-state index in [-0.39, 0.29) is 7.43 Å². The third-order valence-electron chi connectivity index (χ3n) is 1.21. The predicted molar refractivity (Wildman–Crippen MR) is 48.5 cm³/mol. The van der Waals surface area contributed by atoms with E-state index < -0.39 is 0 Å². The molecule has 0 N–H and O–H groups in total. The standard InChI is InChI=1S/C7H7N3O.CH4/c1-11-7-4-2-3-6(5-7)9-10-8;/h2-5H,1H3;1H4. The fourth-order valence-corrected chi connectivity index (χ4v) is 0.724. The molecule has 1 aromatic rings. The summed E-state index contributed by atoms with van der Waals surface area (Å²) in [6, 6.07) is 6.93. The Hall–Kier alpha value is -1.67. The highest BCUT2D eigenvalue weighted by Crippen LogP contribution is 2.18. The summed E-state index contributed by atoms with van der Waals surface area (Å²) in [4.78, 5) is 2.65. The Kier molecular flexibility index (Phi) is 4.34. The molecule has 0 aromatic heterocycles. The molecule has 0 aliphatic heterocycles. The fourth-order valence-electron chi connectivity index (χ4n) is 0.724. The van der Waals surface area contributed by atoms with Gasteiger partial charge in [0.2, 0.25) is 0 Å². The number of azide groups is 1. The van der Waals surface area contributed by atoms with Gasteiger partial charge >= 0.3 is 0 Å². The third-order valence-corrected chi connectivity index (χ3v) is 1.21. The van der Waals surface area contributed by atoms with E-state index >= 15 is 0 Å². The summed E-state index contributed by atoms with van der Waals surface area (Å²) in [6.45, 7) is 0. The van der Waals surface area contributed by atoms with Gasteiger partial charge in [0.15, 0.2) is 0 Å². The zero-order chi connectivity index (χ0) is 8.10. The molecule has 1 aromatic carbocycles. The summed E-state index contributed by atoms with van der Waals surface area (Å²) in [5.74, 6) is 0.690. The molecule has 0 unspecified atom stereocenters. The second kappa shape index (κ2) is 5.04. The normalized spacial score (nSPS) is 7.75. The summed E-state index contributed by atoms with van der Waals surface area (Å²) in [6.07, 6.45) is 0. The molecule has 0 aliphatic rings. The highest BCUT2D eigenvalue weighted by Gasteiger charge is 1.90. The molecule has 64 valence electrons. The van der Waals surface area contributed by atoms with Crippen LogP contribution in [0.2, 0.25) is 0 Å². The van der Waals surface area contributed by atoms with Gasteiger partial charge < -0.3 is 4.74 Å². The molecule has 0 saturated carbocycles. The zero-order valence-electron chi connectivity index (χ0n) is 6.06. The second-order valence-electron chi connectivity index (χ2n) is 1.89. The molecule has 4 nitrogen and oxygen atoms in total. The van der Waals surface area contributed by atoms with E-state index in [9.17, 15) is 0 Å². The molecule has 4 heteroatoms. The molecule has 0 radical (unpaired) electrons. The van der Waals surface area contributed by atoms with Crippen molar-refractivity contribution in [3.63, 3.8) is 0 Å². The van der Waals surface area contributed by atoms with Crippen molar-refractivity contribution in [1.82, 2.24) is 0 Å². The van der Waals surface area contributed by atoms with Crippen molar-refractivity contribution in [3.05, 3.63) is 34.7 Å². The lowest BCUT2D eigenvalue weighted by atomic mass is 10.3. The van der Waals surface area contributed by atoms with E-state index in [4.69, 9.17) is 10.3 Å². The highest BCUT2D eigenvalue weighted by molar-refractivity contribution is 5.42. The average molecular weight is 165 g/mol. The van der Waals surface area contributed by atoms with Crippen molar-refractivity contribution in [1.29, 1.82) is 0 Å². The Balaban J connectivity index is 0.00000121. The highest BCUT2D eigenvalue weighted by atomic mass is 16.5. The number of rotatable bonds is 2. The minimum atomic E-state index is 0. The Morgan fingerprint density at radius 3 is 2.83 bits per heavy atom. The summed E-state index contributed by atoms with van der Waals surface area (Å²) >= 11 is 0. The monoisotopic (exact) mass is 165 g/mol. The van der Waals surface area contributed by atoms with Gasteiger partial charge in [-0.25, -0.2) is 0 Å². The van der Waals surface area contributed by atoms with Crippen molar-refractivity contribution < 1.29 is 4.74 Å². The molecule has 0 atom stereocenters. The molecule has 0 bridgehead atoms. The van der Waals surface area contributed by atoms with Crippen molar-refractivity contribution in [3.8, 4) is 5.75 Å². The number of ether oxygens (including phenoxy) is 1. The van der Waals surface area contributed by atoms with Crippen LogP contribution in [0, 0.1) is 0 Å². The molecule has 0 amide bonds. The maximum Gasteiger partial charge on any atom is 0.119 e. The quantitative estimate of drug-likeness (QED) is 0.377. The number of hydrogen-bond acceptors (Lipinski definition) is 2. The SMILES string of the molecule is C.COc1cccc(N=[N+]=[N-])c1. The minimum absolute atomic E-state index is 0. The molecular weight excluding hydrogens is 154 g/mol. The van der Waals surface area contributed by atoms with Gasteiger partial charge in [-0.15, -0.1) is 0 Å². The van der Waals surface area contributed by atoms with Crippen LogP contribution in [0.3, 0.4) is 0 Å². The summed E-state index contributed by atoms with van der Waals surface area (Å²) in [5, 5.41) is 3.42. The van der Waals surface area contributed by atoms with E-state index in [2.05, 4.69) is 10.0 Å². The third kappa shape index (κ3) is 2.52. The number of hydrogen-bond donors (Lipinski definition) is 0. The zero-order valence-corrected chi connectivity index (χ0v) is 6.06.